The normalized spacial score (nSPS) is 11.2. The fraction of sp³-hybridized carbons (Fsp3) is 0.143. The number of aryl methyl sites for hydroxylation is 1. The van der Waals surface area contributed by atoms with Crippen molar-refractivity contribution in [2.24, 2.45) is 0 Å². The molecule has 0 bridgehead atoms. The highest BCUT2D eigenvalue weighted by atomic mass is 35.5. The van der Waals surface area contributed by atoms with Gasteiger partial charge in [-0.25, -0.2) is 13.2 Å². The quantitative estimate of drug-likeness (QED) is 0.378. The number of esters is 1. The number of hydrogen-bond donors (Lipinski definition) is 0. The molecule has 0 spiro atoms. The standard InChI is InChI=1S/C21H18ClNO5S2/c1-14-6-8-16(9-7-14)23(2)30(26,27)17-5-3-4-15(12-17)21(25)28-13-18(24)19-10-11-20(22)29-19/h3-12H,13H2,1-2H3. The molecule has 0 radical (unpaired) electrons. The Labute approximate surface area is 183 Å². The molecule has 0 saturated carbocycles. The first-order chi connectivity index (χ1) is 14.2. The highest BCUT2D eigenvalue weighted by molar-refractivity contribution is 7.92. The van der Waals surface area contributed by atoms with E-state index < -0.39 is 22.6 Å². The van der Waals surface area contributed by atoms with Crippen LogP contribution >= 0.6 is 22.9 Å². The van der Waals surface area contributed by atoms with E-state index in [1.54, 1.807) is 24.3 Å². The maximum atomic E-state index is 13.0. The molecular formula is C21H18ClNO5S2. The molecule has 1 aromatic heterocycles. The van der Waals surface area contributed by atoms with Gasteiger partial charge in [0.25, 0.3) is 10.0 Å². The molecule has 156 valence electrons. The van der Waals surface area contributed by atoms with Crippen molar-refractivity contribution in [3.8, 4) is 0 Å². The Bertz CT molecular complexity index is 1190. The van der Waals surface area contributed by atoms with E-state index in [1.807, 2.05) is 19.1 Å². The zero-order chi connectivity index (χ0) is 21.9. The number of anilines is 1. The van der Waals surface area contributed by atoms with Crippen molar-refractivity contribution < 1.29 is 22.7 Å². The van der Waals surface area contributed by atoms with Gasteiger partial charge in [0, 0.05) is 7.05 Å². The first-order valence-corrected chi connectivity index (χ1v) is 11.4. The number of rotatable bonds is 7. The van der Waals surface area contributed by atoms with Crippen LogP contribution in [0.15, 0.2) is 65.6 Å². The van der Waals surface area contributed by atoms with Gasteiger partial charge in [-0.2, -0.15) is 0 Å². The lowest BCUT2D eigenvalue weighted by atomic mass is 10.2. The number of halogens is 1. The Kier molecular flexibility index (Phi) is 6.60. The van der Waals surface area contributed by atoms with E-state index in [9.17, 15) is 18.0 Å². The number of benzene rings is 2. The molecule has 3 rings (SSSR count). The summed E-state index contributed by atoms with van der Waals surface area (Å²) in [6.45, 7) is 1.45. The minimum atomic E-state index is -3.89. The third-order valence-electron chi connectivity index (χ3n) is 4.31. The zero-order valence-electron chi connectivity index (χ0n) is 16.2. The summed E-state index contributed by atoms with van der Waals surface area (Å²) >= 11 is 6.89. The molecule has 3 aromatic rings. The summed E-state index contributed by atoms with van der Waals surface area (Å²) in [5.41, 5.74) is 1.54. The van der Waals surface area contributed by atoms with Crippen LogP contribution in [-0.4, -0.2) is 33.8 Å². The second kappa shape index (κ2) is 8.99. The lowest BCUT2D eigenvalue weighted by Gasteiger charge is -2.20. The molecule has 0 saturated heterocycles. The van der Waals surface area contributed by atoms with E-state index in [-0.39, 0.29) is 16.2 Å². The van der Waals surface area contributed by atoms with Crippen LogP contribution in [0.2, 0.25) is 4.34 Å². The predicted octanol–water partition coefficient (Wildman–Crippen LogP) is 4.57. The van der Waals surface area contributed by atoms with Crippen molar-refractivity contribution in [3.05, 3.63) is 81.0 Å². The van der Waals surface area contributed by atoms with Crippen molar-refractivity contribution in [2.45, 2.75) is 11.8 Å². The number of ether oxygens (including phenoxy) is 1. The van der Waals surface area contributed by atoms with Gasteiger partial charge in [-0.1, -0.05) is 35.4 Å². The smallest absolute Gasteiger partial charge is 0.338 e. The highest BCUT2D eigenvalue weighted by Gasteiger charge is 2.23. The van der Waals surface area contributed by atoms with Gasteiger partial charge in [-0.15, -0.1) is 11.3 Å². The third-order valence-corrected chi connectivity index (χ3v) is 7.36. The van der Waals surface area contributed by atoms with Crippen molar-refractivity contribution in [1.29, 1.82) is 0 Å². The average molecular weight is 464 g/mol. The number of Topliss-reactive ketones (excluding diaryl/α,β-unsaturated/α-hetero) is 1. The molecule has 1 heterocycles. The average Bonchev–Trinajstić information content (AvgIpc) is 3.18. The molecule has 0 N–H and O–H groups in total. The summed E-state index contributed by atoms with van der Waals surface area (Å²) in [5, 5.41) is 0. The predicted molar refractivity (Wildman–Crippen MR) is 117 cm³/mol. The molecule has 2 aromatic carbocycles. The molecule has 0 amide bonds. The summed E-state index contributed by atoms with van der Waals surface area (Å²) < 4.78 is 32.6. The van der Waals surface area contributed by atoms with Crippen LogP contribution in [0.3, 0.4) is 0 Å². The number of ketones is 1. The van der Waals surface area contributed by atoms with Gasteiger partial charge in [0.15, 0.2) is 6.61 Å². The van der Waals surface area contributed by atoms with Crippen LogP contribution in [0.25, 0.3) is 0 Å². The van der Waals surface area contributed by atoms with Crippen LogP contribution in [-0.2, 0) is 14.8 Å². The highest BCUT2D eigenvalue weighted by Crippen LogP contribution is 2.24. The van der Waals surface area contributed by atoms with Gasteiger partial charge in [0.05, 0.1) is 25.4 Å². The molecule has 0 atom stereocenters. The van der Waals surface area contributed by atoms with Crippen molar-refractivity contribution >= 4 is 50.4 Å². The van der Waals surface area contributed by atoms with Gasteiger partial charge >= 0.3 is 5.97 Å². The fourth-order valence-corrected chi connectivity index (χ4v) is 4.79. The number of thiophene rings is 1. The monoisotopic (exact) mass is 463 g/mol. The number of hydrogen-bond acceptors (Lipinski definition) is 6. The molecule has 0 aliphatic carbocycles. The topological polar surface area (TPSA) is 80.8 Å². The summed E-state index contributed by atoms with van der Waals surface area (Å²) in [7, 11) is -2.45. The molecule has 9 heteroatoms. The van der Waals surface area contributed by atoms with E-state index in [1.165, 1.54) is 31.3 Å². The molecular weight excluding hydrogens is 446 g/mol. The first kappa shape index (κ1) is 22.0. The minimum Gasteiger partial charge on any atom is -0.454 e. The lowest BCUT2D eigenvalue weighted by molar-refractivity contribution is 0.0475. The lowest BCUT2D eigenvalue weighted by Crippen LogP contribution is -2.26. The van der Waals surface area contributed by atoms with E-state index in [4.69, 9.17) is 16.3 Å². The number of nitrogens with zero attached hydrogens (tertiary/aromatic N) is 1. The Hall–Kier alpha value is -2.68. The summed E-state index contributed by atoms with van der Waals surface area (Å²) in [6.07, 6.45) is 0. The van der Waals surface area contributed by atoms with Crippen molar-refractivity contribution in [1.82, 2.24) is 0 Å². The number of carbonyl (C=O) groups excluding carboxylic acids is 2. The Morgan fingerprint density at radius 2 is 1.77 bits per heavy atom. The molecule has 30 heavy (non-hydrogen) atoms. The van der Waals surface area contributed by atoms with Gasteiger partial charge in [0.1, 0.15) is 0 Å². The van der Waals surface area contributed by atoms with E-state index in [0.717, 1.165) is 21.2 Å². The molecule has 0 aliphatic rings. The Morgan fingerprint density at radius 3 is 2.40 bits per heavy atom. The zero-order valence-corrected chi connectivity index (χ0v) is 18.6. The van der Waals surface area contributed by atoms with Crippen molar-refractivity contribution in [3.63, 3.8) is 0 Å². The minimum absolute atomic E-state index is 0.0328. The Balaban J connectivity index is 1.75. The molecule has 0 fully saturated rings. The summed E-state index contributed by atoms with van der Waals surface area (Å²) in [5.74, 6) is -1.18. The third kappa shape index (κ3) is 4.89. The van der Waals surface area contributed by atoms with Crippen LogP contribution < -0.4 is 4.31 Å². The van der Waals surface area contributed by atoms with Crippen LogP contribution in [0, 0.1) is 6.92 Å². The molecule has 6 nitrogen and oxygen atoms in total. The second-order valence-corrected chi connectivity index (χ2v) is 10.1. The van der Waals surface area contributed by atoms with Crippen LogP contribution in [0.1, 0.15) is 25.6 Å². The Morgan fingerprint density at radius 1 is 1.07 bits per heavy atom. The molecule has 0 unspecified atom stereocenters. The van der Waals surface area contributed by atoms with Gasteiger partial charge < -0.3 is 4.74 Å². The van der Waals surface area contributed by atoms with E-state index in [0.29, 0.717) is 14.9 Å². The van der Waals surface area contributed by atoms with E-state index in [2.05, 4.69) is 0 Å². The summed E-state index contributed by atoms with van der Waals surface area (Å²) in [6, 6.07) is 15.7. The van der Waals surface area contributed by atoms with E-state index >= 15 is 0 Å². The summed E-state index contributed by atoms with van der Waals surface area (Å²) in [4.78, 5) is 24.7. The van der Waals surface area contributed by atoms with Gasteiger partial charge in [0.2, 0.25) is 5.78 Å². The molecule has 0 aliphatic heterocycles. The maximum Gasteiger partial charge on any atom is 0.338 e. The SMILES string of the molecule is Cc1ccc(N(C)S(=O)(=O)c2cccc(C(=O)OCC(=O)c3ccc(Cl)s3)c2)cc1. The van der Waals surface area contributed by atoms with Crippen molar-refractivity contribution in [2.75, 3.05) is 18.0 Å². The number of sulfonamides is 1. The number of carbonyl (C=O) groups is 2. The van der Waals surface area contributed by atoms with Crippen LogP contribution in [0.5, 0.6) is 0 Å². The largest absolute Gasteiger partial charge is 0.454 e. The maximum absolute atomic E-state index is 13.0. The second-order valence-electron chi connectivity index (χ2n) is 6.44. The van der Waals surface area contributed by atoms with Gasteiger partial charge in [-0.05, 0) is 49.4 Å². The van der Waals surface area contributed by atoms with Gasteiger partial charge in [-0.3, -0.25) is 9.10 Å². The first-order valence-electron chi connectivity index (χ1n) is 8.80. The van der Waals surface area contributed by atoms with Crippen LogP contribution in [0.4, 0.5) is 5.69 Å². The fourth-order valence-electron chi connectivity index (χ4n) is 2.58.